The van der Waals surface area contributed by atoms with Crippen LogP contribution >= 0.6 is 0 Å². The Kier molecular flexibility index (Phi) is 8.13. The van der Waals surface area contributed by atoms with E-state index in [9.17, 15) is 23.1 Å². The summed E-state index contributed by atoms with van der Waals surface area (Å²) < 4.78 is 26.4. The average molecular weight is 579 g/mol. The number of carbonyl (C=O) groups is 1. The van der Waals surface area contributed by atoms with E-state index in [2.05, 4.69) is 37.6 Å². The Morgan fingerprint density at radius 3 is 2.63 bits per heavy atom. The molecule has 5 rings (SSSR count). The molecule has 0 aliphatic heterocycles. The summed E-state index contributed by atoms with van der Waals surface area (Å²) >= 11 is 0. The first-order valence-electron chi connectivity index (χ1n) is 13.0. The van der Waals surface area contributed by atoms with E-state index in [-0.39, 0.29) is 23.3 Å². The number of fused-ring (bicyclic) bond motifs is 2. The van der Waals surface area contributed by atoms with Gasteiger partial charge in [0, 0.05) is 23.8 Å². The molecule has 0 saturated carbocycles. The van der Waals surface area contributed by atoms with Crippen molar-refractivity contribution in [2.24, 2.45) is 0 Å². The number of aryl methyl sites for hydroxylation is 3. The van der Waals surface area contributed by atoms with Crippen LogP contribution in [-0.2, 0) is 34.1 Å². The molecule has 1 atom stereocenters. The minimum absolute atomic E-state index is 0.100. The maximum absolute atomic E-state index is 13.2. The minimum atomic E-state index is -3.49. The van der Waals surface area contributed by atoms with Gasteiger partial charge >= 0.3 is 0 Å². The van der Waals surface area contributed by atoms with Crippen molar-refractivity contribution in [2.75, 3.05) is 18.7 Å². The number of aliphatic hydroxyl groups is 1. The summed E-state index contributed by atoms with van der Waals surface area (Å²) in [5, 5.41) is 13.2. The molecule has 0 saturated heterocycles. The zero-order valence-corrected chi connectivity index (χ0v) is 23.4. The number of amides is 1. The van der Waals surface area contributed by atoms with Gasteiger partial charge < -0.3 is 15.0 Å². The number of hydrogen-bond donors (Lipinski definition) is 4. The van der Waals surface area contributed by atoms with Crippen LogP contribution in [0.3, 0.4) is 0 Å². The lowest BCUT2D eigenvalue weighted by molar-refractivity contribution is 0.0536. The molecule has 1 aliphatic rings. The molecule has 214 valence electrons. The first-order valence-corrected chi connectivity index (χ1v) is 14.9. The number of hydroxylamine groups is 1. The number of aliphatic hydroxyl groups excluding tert-OH is 1. The van der Waals surface area contributed by atoms with Gasteiger partial charge in [0.25, 0.3) is 5.91 Å². The third kappa shape index (κ3) is 6.60. The predicted octanol–water partition coefficient (Wildman–Crippen LogP) is 2.10. The second-order valence-electron chi connectivity index (χ2n) is 9.88. The zero-order valence-electron chi connectivity index (χ0n) is 22.5. The molecule has 1 amide bonds. The zero-order chi connectivity index (χ0) is 29.1. The normalized spacial score (nSPS) is 13.6. The van der Waals surface area contributed by atoms with Gasteiger partial charge in [-0.25, -0.2) is 18.9 Å². The van der Waals surface area contributed by atoms with Crippen LogP contribution in [0.4, 0.5) is 11.6 Å². The maximum atomic E-state index is 13.2. The van der Waals surface area contributed by atoms with Crippen molar-refractivity contribution in [1.82, 2.24) is 24.7 Å². The molecule has 2 aromatic carbocycles. The van der Waals surface area contributed by atoms with E-state index >= 15 is 0 Å². The first kappa shape index (κ1) is 28.4. The van der Waals surface area contributed by atoms with Crippen molar-refractivity contribution in [3.63, 3.8) is 0 Å². The molecule has 1 aliphatic carbocycles. The largest absolute Gasteiger partial charge is 0.378 e. The van der Waals surface area contributed by atoms with Crippen LogP contribution in [0.5, 0.6) is 0 Å². The van der Waals surface area contributed by atoms with Crippen LogP contribution in [0, 0.1) is 0 Å². The Morgan fingerprint density at radius 1 is 1.15 bits per heavy atom. The van der Waals surface area contributed by atoms with Crippen molar-refractivity contribution < 1.29 is 23.2 Å². The molecule has 2 heterocycles. The summed E-state index contributed by atoms with van der Waals surface area (Å²) in [5.74, 6) is -0.419. The standard InChI is InChI=1S/C28H30N6O6S/c1-40-32-27(37)23-16-34(21-12-9-18-4-3-5-19(18)14-21)26-22(25(23)36)15-29-28(31-26)30-20-10-6-17(7-11-20)8-13-24(35)33-41(2,38)39/h6-7,9-12,14-16,24,33,35H,3-5,8,13H2,1-2H3,(H,32,37)(H,29,30,31). The molecule has 4 N–H and O–H groups in total. The molecule has 0 fully saturated rings. The van der Waals surface area contributed by atoms with Gasteiger partial charge in [0.1, 0.15) is 11.8 Å². The highest BCUT2D eigenvalue weighted by molar-refractivity contribution is 7.88. The highest BCUT2D eigenvalue weighted by Crippen LogP contribution is 2.26. The van der Waals surface area contributed by atoms with Crippen LogP contribution in [0.25, 0.3) is 16.7 Å². The molecule has 2 aromatic heterocycles. The van der Waals surface area contributed by atoms with Gasteiger partial charge in [-0.15, -0.1) is 0 Å². The molecule has 0 radical (unpaired) electrons. The number of hydrogen-bond acceptors (Lipinski definition) is 9. The monoisotopic (exact) mass is 578 g/mol. The number of benzene rings is 2. The van der Waals surface area contributed by atoms with Gasteiger partial charge in [0.15, 0.2) is 5.65 Å². The molecular formula is C28H30N6O6S. The van der Waals surface area contributed by atoms with Crippen LogP contribution in [-0.4, -0.2) is 53.6 Å². The van der Waals surface area contributed by atoms with Gasteiger partial charge in [-0.1, -0.05) is 18.2 Å². The van der Waals surface area contributed by atoms with E-state index in [4.69, 9.17) is 4.84 Å². The lowest BCUT2D eigenvalue weighted by atomic mass is 10.1. The second kappa shape index (κ2) is 11.7. The molecule has 13 heteroatoms. The smallest absolute Gasteiger partial charge is 0.280 e. The predicted molar refractivity (Wildman–Crippen MR) is 154 cm³/mol. The van der Waals surface area contributed by atoms with Crippen LogP contribution < -0.4 is 20.9 Å². The van der Waals surface area contributed by atoms with Crippen molar-refractivity contribution in [1.29, 1.82) is 0 Å². The Morgan fingerprint density at radius 2 is 1.90 bits per heavy atom. The van der Waals surface area contributed by atoms with E-state index in [0.717, 1.165) is 36.8 Å². The Balaban J connectivity index is 1.44. The lowest BCUT2D eigenvalue weighted by Gasteiger charge is -2.15. The van der Waals surface area contributed by atoms with Crippen molar-refractivity contribution >= 4 is 38.6 Å². The molecule has 41 heavy (non-hydrogen) atoms. The molecular weight excluding hydrogens is 548 g/mol. The van der Waals surface area contributed by atoms with Crippen LogP contribution in [0.2, 0.25) is 0 Å². The molecule has 4 aromatic rings. The lowest BCUT2D eigenvalue weighted by Crippen LogP contribution is -2.33. The number of anilines is 2. The maximum Gasteiger partial charge on any atom is 0.280 e. The SMILES string of the molecule is CONC(=O)c1cn(-c2ccc3c(c2)CCC3)c2nc(Nc3ccc(CCC(O)NS(C)(=O)=O)cc3)ncc2c1=O. The Labute approximate surface area is 236 Å². The van der Waals surface area contributed by atoms with Crippen molar-refractivity contribution in [3.05, 3.63) is 87.3 Å². The molecule has 0 spiro atoms. The van der Waals surface area contributed by atoms with Gasteiger partial charge in [0.2, 0.25) is 21.4 Å². The third-order valence-electron chi connectivity index (χ3n) is 6.81. The third-order valence-corrected chi connectivity index (χ3v) is 7.51. The first-order chi connectivity index (χ1) is 19.6. The molecule has 12 nitrogen and oxygen atoms in total. The van der Waals surface area contributed by atoms with E-state index in [1.54, 1.807) is 4.57 Å². The fourth-order valence-electron chi connectivity index (χ4n) is 4.88. The van der Waals surface area contributed by atoms with Crippen LogP contribution in [0.15, 0.2) is 59.7 Å². The minimum Gasteiger partial charge on any atom is -0.378 e. The fraction of sp³-hybridized carbons (Fsp3) is 0.286. The fourth-order valence-corrected chi connectivity index (χ4v) is 5.49. The summed E-state index contributed by atoms with van der Waals surface area (Å²) in [7, 11) is -2.19. The van der Waals surface area contributed by atoms with E-state index in [0.29, 0.717) is 17.8 Å². The number of nitrogens with one attached hydrogen (secondary N) is 3. The molecule has 1 unspecified atom stereocenters. The summed E-state index contributed by atoms with van der Waals surface area (Å²) in [6.45, 7) is 0. The van der Waals surface area contributed by atoms with Crippen LogP contribution in [0.1, 0.15) is 39.9 Å². The quantitative estimate of drug-likeness (QED) is 0.163. The van der Waals surface area contributed by atoms with Gasteiger partial charge in [-0.2, -0.15) is 9.71 Å². The number of pyridine rings is 1. The average Bonchev–Trinajstić information content (AvgIpc) is 3.40. The topological polar surface area (TPSA) is 165 Å². The van der Waals surface area contributed by atoms with Gasteiger partial charge in [-0.05, 0) is 73.1 Å². The van der Waals surface area contributed by atoms with Crippen molar-refractivity contribution in [3.8, 4) is 5.69 Å². The highest BCUT2D eigenvalue weighted by Gasteiger charge is 2.20. The van der Waals surface area contributed by atoms with E-state index in [1.807, 2.05) is 30.3 Å². The second-order valence-corrected chi connectivity index (χ2v) is 11.7. The molecule has 0 bridgehead atoms. The van der Waals surface area contributed by atoms with Gasteiger partial charge in [0.05, 0.1) is 18.8 Å². The Bertz CT molecular complexity index is 1770. The Hall–Kier alpha value is -4.17. The van der Waals surface area contributed by atoms with Crippen molar-refractivity contribution in [2.45, 2.75) is 38.3 Å². The number of aromatic nitrogens is 3. The number of rotatable bonds is 10. The summed E-state index contributed by atoms with van der Waals surface area (Å²) in [4.78, 5) is 39.5. The number of nitrogens with zero attached hydrogens (tertiary/aromatic N) is 3. The summed E-state index contributed by atoms with van der Waals surface area (Å²) in [6, 6.07) is 13.4. The summed E-state index contributed by atoms with van der Waals surface area (Å²) in [6.07, 6.45) is 6.43. The van der Waals surface area contributed by atoms with E-state index in [1.165, 1.54) is 30.6 Å². The van der Waals surface area contributed by atoms with Gasteiger partial charge in [-0.3, -0.25) is 14.4 Å². The highest BCUT2D eigenvalue weighted by atomic mass is 32.2. The number of carbonyl (C=O) groups excluding carboxylic acids is 1. The number of sulfonamides is 1. The van der Waals surface area contributed by atoms with E-state index < -0.39 is 27.6 Å². The summed E-state index contributed by atoms with van der Waals surface area (Å²) in [5.41, 5.74) is 6.80.